The van der Waals surface area contributed by atoms with Gasteiger partial charge in [0.15, 0.2) is 0 Å². The molecule has 1 N–H and O–H groups in total. The highest BCUT2D eigenvalue weighted by Crippen LogP contribution is 2.50. The van der Waals surface area contributed by atoms with E-state index in [1.54, 1.807) is 7.11 Å². The van der Waals surface area contributed by atoms with E-state index in [0.717, 1.165) is 11.3 Å². The smallest absolute Gasteiger partial charge is 0.121 e. The molecule has 1 fully saturated rings. The largest absolute Gasteiger partial charge is 0.497 e. The van der Waals surface area contributed by atoms with Gasteiger partial charge in [0.1, 0.15) is 11.4 Å². The summed E-state index contributed by atoms with van der Waals surface area (Å²) in [6.07, 6.45) is 0.583. The highest BCUT2D eigenvalue weighted by molar-refractivity contribution is 5.34. The van der Waals surface area contributed by atoms with Crippen LogP contribution in [-0.2, 0) is 10.3 Å². The summed E-state index contributed by atoms with van der Waals surface area (Å²) in [7, 11) is 1.63. The third-order valence-electron chi connectivity index (χ3n) is 3.78. The van der Waals surface area contributed by atoms with Gasteiger partial charge in [-0.25, -0.2) is 0 Å². The van der Waals surface area contributed by atoms with Crippen LogP contribution >= 0.6 is 0 Å². The predicted octanol–water partition coefficient (Wildman–Crippen LogP) is 2.86. The lowest BCUT2D eigenvalue weighted by Crippen LogP contribution is -2.43. The lowest BCUT2D eigenvalue weighted by molar-refractivity contribution is -0.129. The molecule has 3 nitrogen and oxygen atoms in total. The van der Waals surface area contributed by atoms with Gasteiger partial charge in [-0.3, -0.25) is 0 Å². The van der Waals surface area contributed by atoms with Crippen molar-refractivity contribution >= 4 is 0 Å². The minimum atomic E-state index is -0.969. The molecule has 1 unspecified atom stereocenters. The van der Waals surface area contributed by atoms with E-state index in [-0.39, 0.29) is 5.60 Å². The Morgan fingerprint density at radius 1 is 1.11 bits per heavy atom. The SMILES string of the molecule is COc1ccc(C2(O)CC(C)(C)OC2(C)C)cc1. The lowest BCUT2D eigenvalue weighted by Gasteiger charge is -2.35. The Kier molecular flexibility index (Phi) is 2.95. The van der Waals surface area contributed by atoms with Gasteiger partial charge in [-0.1, -0.05) is 12.1 Å². The Hall–Kier alpha value is -1.06. The molecule has 0 radical (unpaired) electrons. The van der Waals surface area contributed by atoms with Crippen molar-refractivity contribution in [3.8, 4) is 5.75 Å². The molecular weight excluding hydrogens is 228 g/mol. The molecule has 2 rings (SSSR count). The van der Waals surface area contributed by atoms with Gasteiger partial charge in [-0.15, -0.1) is 0 Å². The monoisotopic (exact) mass is 250 g/mol. The van der Waals surface area contributed by atoms with Crippen molar-refractivity contribution in [2.24, 2.45) is 0 Å². The molecule has 1 aromatic rings. The number of rotatable bonds is 2. The van der Waals surface area contributed by atoms with Gasteiger partial charge in [0.05, 0.1) is 18.3 Å². The van der Waals surface area contributed by atoms with Gasteiger partial charge >= 0.3 is 0 Å². The van der Waals surface area contributed by atoms with Crippen LogP contribution in [0.5, 0.6) is 5.75 Å². The minimum absolute atomic E-state index is 0.321. The zero-order valence-electron chi connectivity index (χ0n) is 11.8. The van der Waals surface area contributed by atoms with E-state index in [2.05, 4.69) is 0 Å². The molecule has 3 heteroatoms. The summed E-state index contributed by atoms with van der Waals surface area (Å²) in [6.45, 7) is 7.89. The highest BCUT2D eigenvalue weighted by atomic mass is 16.5. The third kappa shape index (κ3) is 2.02. The van der Waals surface area contributed by atoms with Crippen molar-refractivity contribution < 1.29 is 14.6 Å². The first-order valence-electron chi connectivity index (χ1n) is 6.27. The minimum Gasteiger partial charge on any atom is -0.497 e. The molecule has 1 atom stereocenters. The van der Waals surface area contributed by atoms with Crippen LogP contribution in [0.15, 0.2) is 24.3 Å². The molecule has 0 amide bonds. The van der Waals surface area contributed by atoms with Crippen LogP contribution in [0.2, 0.25) is 0 Å². The van der Waals surface area contributed by atoms with Gasteiger partial charge in [-0.05, 0) is 45.4 Å². The van der Waals surface area contributed by atoms with Crippen LogP contribution in [0.3, 0.4) is 0 Å². The van der Waals surface area contributed by atoms with E-state index in [9.17, 15) is 5.11 Å². The van der Waals surface area contributed by atoms with Crippen molar-refractivity contribution in [1.82, 2.24) is 0 Å². The fraction of sp³-hybridized carbons (Fsp3) is 0.600. The van der Waals surface area contributed by atoms with Crippen LogP contribution < -0.4 is 4.74 Å². The number of aliphatic hydroxyl groups is 1. The number of hydrogen-bond acceptors (Lipinski definition) is 3. The molecule has 0 aliphatic carbocycles. The second-order valence-corrected chi connectivity index (χ2v) is 6.14. The van der Waals surface area contributed by atoms with E-state index >= 15 is 0 Å². The summed E-state index contributed by atoms with van der Waals surface area (Å²) in [6, 6.07) is 7.56. The quantitative estimate of drug-likeness (QED) is 0.877. The van der Waals surface area contributed by atoms with Gasteiger partial charge in [0.2, 0.25) is 0 Å². The van der Waals surface area contributed by atoms with E-state index in [4.69, 9.17) is 9.47 Å². The Morgan fingerprint density at radius 3 is 2.06 bits per heavy atom. The fourth-order valence-corrected chi connectivity index (χ4v) is 2.96. The molecule has 0 spiro atoms. The molecule has 1 heterocycles. The van der Waals surface area contributed by atoms with Crippen molar-refractivity contribution in [3.05, 3.63) is 29.8 Å². The number of ether oxygens (including phenoxy) is 2. The van der Waals surface area contributed by atoms with Crippen LogP contribution in [0.4, 0.5) is 0 Å². The molecule has 1 aliphatic rings. The summed E-state index contributed by atoms with van der Waals surface area (Å²) in [5, 5.41) is 11.0. The number of methoxy groups -OCH3 is 1. The average molecular weight is 250 g/mol. The second-order valence-electron chi connectivity index (χ2n) is 6.14. The number of hydrogen-bond donors (Lipinski definition) is 1. The molecule has 1 aromatic carbocycles. The average Bonchev–Trinajstić information content (AvgIpc) is 2.43. The Balaban J connectivity index is 2.41. The first kappa shape index (κ1) is 13.4. The van der Waals surface area contributed by atoms with E-state index in [1.807, 2.05) is 52.0 Å². The molecule has 0 bridgehead atoms. The maximum atomic E-state index is 11.0. The van der Waals surface area contributed by atoms with E-state index in [0.29, 0.717) is 6.42 Å². The second kappa shape index (κ2) is 3.97. The van der Waals surface area contributed by atoms with Crippen molar-refractivity contribution in [1.29, 1.82) is 0 Å². The summed E-state index contributed by atoms with van der Waals surface area (Å²) in [5.74, 6) is 0.790. The Labute approximate surface area is 109 Å². The van der Waals surface area contributed by atoms with Crippen LogP contribution in [0, 0.1) is 0 Å². The molecule has 1 saturated heterocycles. The van der Waals surface area contributed by atoms with Crippen LogP contribution in [0.25, 0.3) is 0 Å². The highest BCUT2D eigenvalue weighted by Gasteiger charge is 2.57. The van der Waals surface area contributed by atoms with Crippen LogP contribution in [-0.4, -0.2) is 23.4 Å². The number of benzene rings is 1. The topological polar surface area (TPSA) is 38.7 Å². The Bertz CT molecular complexity index is 434. The van der Waals surface area contributed by atoms with Crippen molar-refractivity contribution in [2.45, 2.75) is 50.9 Å². The normalized spacial score (nSPS) is 29.2. The zero-order chi connectivity index (χ0) is 13.6. The first-order valence-corrected chi connectivity index (χ1v) is 6.27. The van der Waals surface area contributed by atoms with Gasteiger partial charge < -0.3 is 14.6 Å². The fourth-order valence-electron chi connectivity index (χ4n) is 2.96. The Morgan fingerprint density at radius 2 is 1.67 bits per heavy atom. The van der Waals surface area contributed by atoms with Crippen molar-refractivity contribution in [2.75, 3.05) is 7.11 Å². The van der Waals surface area contributed by atoms with Gasteiger partial charge in [0.25, 0.3) is 0 Å². The lowest BCUT2D eigenvalue weighted by atomic mass is 9.77. The molecule has 0 aromatic heterocycles. The standard InChI is InChI=1S/C15H22O3/c1-13(2)10-15(16,14(3,4)18-13)11-6-8-12(17-5)9-7-11/h6-9,16H,10H2,1-5H3. The third-order valence-corrected chi connectivity index (χ3v) is 3.78. The summed E-state index contributed by atoms with van der Waals surface area (Å²) in [5.41, 5.74) is -1.02. The van der Waals surface area contributed by atoms with Gasteiger partial charge in [0, 0.05) is 6.42 Å². The maximum absolute atomic E-state index is 11.0. The first-order chi connectivity index (χ1) is 8.20. The summed E-state index contributed by atoms with van der Waals surface area (Å²) < 4.78 is 11.1. The molecule has 18 heavy (non-hydrogen) atoms. The zero-order valence-corrected chi connectivity index (χ0v) is 11.8. The van der Waals surface area contributed by atoms with Crippen LogP contribution in [0.1, 0.15) is 39.7 Å². The molecule has 1 aliphatic heterocycles. The molecule has 100 valence electrons. The molecular formula is C15H22O3. The van der Waals surface area contributed by atoms with E-state index in [1.165, 1.54) is 0 Å². The molecule has 0 saturated carbocycles. The van der Waals surface area contributed by atoms with Gasteiger partial charge in [-0.2, -0.15) is 0 Å². The van der Waals surface area contributed by atoms with E-state index < -0.39 is 11.2 Å². The summed E-state index contributed by atoms with van der Waals surface area (Å²) >= 11 is 0. The maximum Gasteiger partial charge on any atom is 0.121 e. The van der Waals surface area contributed by atoms with Crippen molar-refractivity contribution in [3.63, 3.8) is 0 Å². The summed E-state index contributed by atoms with van der Waals surface area (Å²) in [4.78, 5) is 0. The predicted molar refractivity (Wildman–Crippen MR) is 70.8 cm³/mol.